The number of allylic oxidation sites excluding steroid dienone is 2. The second-order valence-corrected chi connectivity index (χ2v) is 1.21. The summed E-state index contributed by atoms with van der Waals surface area (Å²) in [5, 5.41) is 8.10. The van der Waals surface area contributed by atoms with Crippen LogP contribution in [0.2, 0.25) is 0 Å². The van der Waals surface area contributed by atoms with Crippen LogP contribution in [0.5, 0.6) is 0 Å². The van der Waals surface area contributed by atoms with Crippen LogP contribution in [-0.2, 0) is 9.53 Å². The average Bonchev–Trinajstić information content (AvgIpc) is 1.89. The Labute approximate surface area is 53.3 Å². The highest BCUT2D eigenvalue weighted by atomic mass is 16.5. The number of rotatable bonds is 3. The fraction of sp³-hybridized carbons (Fsp3) is 0.167. The highest BCUT2D eigenvalue weighted by molar-refractivity contribution is 5.70. The number of esters is 1. The van der Waals surface area contributed by atoms with Crippen molar-refractivity contribution in [1.29, 1.82) is 0 Å². The number of aliphatic hydroxyl groups excluding tert-OH is 1. The lowest BCUT2D eigenvalue weighted by molar-refractivity contribution is -0.141. The summed E-state index contributed by atoms with van der Waals surface area (Å²) in [5.41, 5.74) is 0. The molecule has 0 unspecified atom stereocenters. The largest absolute Gasteiger partial charge is 0.433 e. The van der Waals surface area contributed by atoms with Crippen LogP contribution >= 0.6 is 0 Å². The molecule has 0 saturated heterocycles. The standard InChI is InChI=1S/C6H8O3/c1-2-3-4-9-6(8)5-7/h2-4,7H,1,5H2. The van der Waals surface area contributed by atoms with Gasteiger partial charge in [-0.2, -0.15) is 0 Å². The first-order chi connectivity index (χ1) is 4.31. The third kappa shape index (κ3) is 4.77. The minimum Gasteiger partial charge on any atom is -0.433 e. The van der Waals surface area contributed by atoms with Gasteiger partial charge in [0, 0.05) is 0 Å². The Hall–Kier alpha value is -1.09. The van der Waals surface area contributed by atoms with E-state index in [4.69, 9.17) is 5.11 Å². The summed E-state index contributed by atoms with van der Waals surface area (Å²) < 4.78 is 4.29. The average molecular weight is 128 g/mol. The van der Waals surface area contributed by atoms with Crippen LogP contribution in [0.15, 0.2) is 25.0 Å². The lowest BCUT2D eigenvalue weighted by atomic mass is 10.6. The normalized spacial score (nSPS) is 9.44. The fourth-order valence-corrected chi connectivity index (χ4v) is 0.208. The predicted molar refractivity (Wildman–Crippen MR) is 32.5 cm³/mol. The first kappa shape index (κ1) is 7.91. The molecule has 9 heavy (non-hydrogen) atoms. The molecule has 0 saturated carbocycles. The Morgan fingerprint density at radius 1 is 1.78 bits per heavy atom. The van der Waals surface area contributed by atoms with Crippen molar-refractivity contribution in [3.05, 3.63) is 25.0 Å². The summed E-state index contributed by atoms with van der Waals surface area (Å²) in [5.74, 6) is -0.673. The van der Waals surface area contributed by atoms with Gasteiger partial charge in [0.1, 0.15) is 6.61 Å². The quantitative estimate of drug-likeness (QED) is 0.336. The molecular weight excluding hydrogens is 120 g/mol. The summed E-state index contributed by atoms with van der Waals surface area (Å²) >= 11 is 0. The Bertz CT molecular complexity index is 126. The second-order valence-electron chi connectivity index (χ2n) is 1.21. The molecule has 0 aromatic heterocycles. The van der Waals surface area contributed by atoms with Crippen molar-refractivity contribution in [2.75, 3.05) is 6.61 Å². The van der Waals surface area contributed by atoms with Crippen molar-refractivity contribution < 1.29 is 14.6 Å². The molecule has 0 aromatic carbocycles. The molecule has 0 spiro atoms. The van der Waals surface area contributed by atoms with Gasteiger partial charge >= 0.3 is 5.97 Å². The molecule has 3 heteroatoms. The molecule has 0 heterocycles. The maximum Gasteiger partial charge on any atom is 0.336 e. The summed E-state index contributed by atoms with van der Waals surface area (Å²) in [6, 6.07) is 0. The first-order valence-corrected chi connectivity index (χ1v) is 2.39. The molecule has 0 fully saturated rings. The van der Waals surface area contributed by atoms with Crippen LogP contribution in [0.25, 0.3) is 0 Å². The third-order valence-corrected chi connectivity index (χ3v) is 0.543. The molecule has 50 valence electrons. The van der Waals surface area contributed by atoms with Gasteiger partial charge in [0.15, 0.2) is 0 Å². The molecule has 0 aliphatic heterocycles. The van der Waals surface area contributed by atoms with Crippen molar-refractivity contribution in [2.45, 2.75) is 0 Å². The Balaban J connectivity index is 3.37. The minimum absolute atomic E-state index is 0.596. The van der Waals surface area contributed by atoms with Gasteiger partial charge in [-0.15, -0.1) is 0 Å². The molecule has 0 aromatic rings. The number of aliphatic hydroxyl groups is 1. The van der Waals surface area contributed by atoms with Gasteiger partial charge in [-0.25, -0.2) is 4.79 Å². The van der Waals surface area contributed by atoms with Gasteiger partial charge < -0.3 is 9.84 Å². The van der Waals surface area contributed by atoms with Crippen LogP contribution in [0.4, 0.5) is 0 Å². The summed E-state index contributed by atoms with van der Waals surface area (Å²) in [4.78, 5) is 10.1. The van der Waals surface area contributed by atoms with Crippen molar-refractivity contribution in [2.24, 2.45) is 0 Å². The van der Waals surface area contributed by atoms with E-state index in [-0.39, 0.29) is 0 Å². The molecule has 0 atom stereocenters. The van der Waals surface area contributed by atoms with Crippen LogP contribution in [0, 0.1) is 0 Å². The first-order valence-electron chi connectivity index (χ1n) is 2.39. The number of hydrogen-bond donors (Lipinski definition) is 1. The monoisotopic (exact) mass is 128 g/mol. The second kappa shape index (κ2) is 5.05. The Morgan fingerprint density at radius 2 is 2.44 bits per heavy atom. The van der Waals surface area contributed by atoms with Gasteiger partial charge in [-0.05, 0) is 6.08 Å². The van der Waals surface area contributed by atoms with Gasteiger partial charge in [-0.1, -0.05) is 12.7 Å². The zero-order chi connectivity index (χ0) is 7.11. The van der Waals surface area contributed by atoms with Gasteiger partial charge in [0.25, 0.3) is 0 Å². The molecule has 0 aliphatic rings. The molecular formula is C6H8O3. The Morgan fingerprint density at radius 3 is 2.89 bits per heavy atom. The van der Waals surface area contributed by atoms with E-state index < -0.39 is 12.6 Å². The van der Waals surface area contributed by atoms with Crippen LogP contribution in [0.1, 0.15) is 0 Å². The fourth-order valence-electron chi connectivity index (χ4n) is 0.208. The maximum absolute atomic E-state index is 10.1. The van der Waals surface area contributed by atoms with E-state index in [2.05, 4.69) is 11.3 Å². The van der Waals surface area contributed by atoms with Gasteiger partial charge in [0.05, 0.1) is 6.26 Å². The van der Waals surface area contributed by atoms with Gasteiger partial charge in [0.2, 0.25) is 0 Å². The van der Waals surface area contributed by atoms with E-state index in [1.54, 1.807) is 0 Å². The van der Waals surface area contributed by atoms with E-state index in [9.17, 15) is 4.79 Å². The van der Waals surface area contributed by atoms with E-state index in [1.807, 2.05) is 0 Å². The zero-order valence-electron chi connectivity index (χ0n) is 4.91. The zero-order valence-corrected chi connectivity index (χ0v) is 4.91. The number of ether oxygens (including phenoxy) is 1. The number of carbonyl (C=O) groups is 1. The summed E-state index contributed by atoms with van der Waals surface area (Å²) in [7, 11) is 0. The lowest BCUT2D eigenvalue weighted by Crippen LogP contribution is -2.03. The van der Waals surface area contributed by atoms with Crippen LogP contribution in [0.3, 0.4) is 0 Å². The minimum atomic E-state index is -0.673. The predicted octanol–water partition coefficient (Wildman–Crippen LogP) is 0.222. The van der Waals surface area contributed by atoms with E-state index >= 15 is 0 Å². The molecule has 0 amide bonds. The van der Waals surface area contributed by atoms with Crippen molar-refractivity contribution in [1.82, 2.24) is 0 Å². The number of hydrogen-bond acceptors (Lipinski definition) is 3. The highest BCUT2D eigenvalue weighted by Crippen LogP contribution is 1.78. The van der Waals surface area contributed by atoms with Crippen molar-refractivity contribution in [3.8, 4) is 0 Å². The molecule has 0 aliphatic carbocycles. The van der Waals surface area contributed by atoms with E-state index in [0.717, 1.165) is 6.26 Å². The van der Waals surface area contributed by atoms with Crippen LogP contribution < -0.4 is 0 Å². The molecule has 0 rings (SSSR count). The maximum atomic E-state index is 10.1. The summed E-state index contributed by atoms with van der Waals surface area (Å²) in [6.07, 6.45) is 4.07. The molecule has 1 N–H and O–H groups in total. The van der Waals surface area contributed by atoms with Crippen molar-refractivity contribution in [3.63, 3.8) is 0 Å². The van der Waals surface area contributed by atoms with Gasteiger partial charge in [-0.3, -0.25) is 0 Å². The third-order valence-electron chi connectivity index (χ3n) is 0.543. The number of carbonyl (C=O) groups excluding carboxylic acids is 1. The molecule has 3 nitrogen and oxygen atoms in total. The lowest BCUT2D eigenvalue weighted by Gasteiger charge is -1.90. The summed E-state index contributed by atoms with van der Waals surface area (Å²) in [6.45, 7) is 2.75. The highest BCUT2D eigenvalue weighted by Gasteiger charge is 1.92. The SMILES string of the molecule is C=CC=COC(=O)CO. The molecule has 0 radical (unpaired) electrons. The topological polar surface area (TPSA) is 46.5 Å². The molecule has 0 bridgehead atoms. The van der Waals surface area contributed by atoms with Crippen LogP contribution in [-0.4, -0.2) is 17.7 Å². The van der Waals surface area contributed by atoms with Crippen molar-refractivity contribution >= 4 is 5.97 Å². The Kier molecular flexibility index (Phi) is 4.44. The van der Waals surface area contributed by atoms with E-state index in [0.29, 0.717) is 0 Å². The van der Waals surface area contributed by atoms with E-state index in [1.165, 1.54) is 12.2 Å². The smallest absolute Gasteiger partial charge is 0.336 e.